The molecule has 0 fully saturated rings. The number of benzene rings is 3. The van der Waals surface area contributed by atoms with Gasteiger partial charge < -0.3 is 9.84 Å². The molecule has 0 saturated carbocycles. The van der Waals surface area contributed by atoms with E-state index in [2.05, 4.69) is 43.3 Å². The number of nitrogens with zero attached hydrogens (tertiary/aromatic N) is 3. The number of hydrogen-bond donors (Lipinski definition) is 2. The summed E-state index contributed by atoms with van der Waals surface area (Å²) >= 11 is 2.12. The number of methoxy groups -OCH3 is 1. The molecule has 0 aliphatic rings. The van der Waals surface area contributed by atoms with Crippen molar-refractivity contribution >= 4 is 46.1 Å². The van der Waals surface area contributed by atoms with Gasteiger partial charge in [0.15, 0.2) is 0 Å². The lowest BCUT2D eigenvalue weighted by Crippen LogP contribution is -2.17. The molecule has 0 aromatic heterocycles. The third-order valence-electron chi connectivity index (χ3n) is 3.83. The quantitative estimate of drug-likeness (QED) is 0.211. The summed E-state index contributed by atoms with van der Waals surface area (Å²) in [5.74, 6) is 0.226. The molecule has 0 atom stereocenters. The lowest BCUT2D eigenvalue weighted by atomic mass is 10.2. The Labute approximate surface area is 181 Å². The number of azo groups is 1. The number of ether oxygens (including phenoxy) is 1. The summed E-state index contributed by atoms with van der Waals surface area (Å²) in [5.41, 5.74) is 4.50. The molecule has 146 valence electrons. The first-order valence-corrected chi connectivity index (χ1v) is 9.61. The van der Waals surface area contributed by atoms with Crippen molar-refractivity contribution in [2.75, 3.05) is 7.11 Å². The highest BCUT2D eigenvalue weighted by Gasteiger charge is 2.08. The van der Waals surface area contributed by atoms with E-state index in [4.69, 9.17) is 4.74 Å². The van der Waals surface area contributed by atoms with Crippen molar-refractivity contribution in [3.8, 4) is 11.5 Å². The van der Waals surface area contributed by atoms with Crippen molar-refractivity contribution < 1.29 is 14.6 Å². The number of amides is 1. The molecule has 8 heteroatoms. The minimum atomic E-state index is -0.393. The Bertz CT molecular complexity index is 1070. The van der Waals surface area contributed by atoms with Crippen LogP contribution in [0.1, 0.15) is 15.9 Å². The summed E-state index contributed by atoms with van der Waals surface area (Å²) in [6.45, 7) is 0. The molecule has 3 aromatic carbocycles. The van der Waals surface area contributed by atoms with Gasteiger partial charge in [-0.25, -0.2) is 5.43 Å². The van der Waals surface area contributed by atoms with Gasteiger partial charge in [-0.1, -0.05) is 18.2 Å². The van der Waals surface area contributed by atoms with Gasteiger partial charge in [-0.2, -0.15) is 15.3 Å². The standard InChI is InChI=1S/C21H17IN4O3/c1-29-20-12-14(7-9-18(20)22)21(28)26-23-13-15-11-17(8-10-19(15)27)25-24-16-5-3-2-4-6-16/h2-13,27H,1H3,(H,26,28)/b23-13-,25-24?. The van der Waals surface area contributed by atoms with Crippen LogP contribution in [0.5, 0.6) is 11.5 Å². The minimum absolute atomic E-state index is 0.0117. The predicted octanol–water partition coefficient (Wildman–Crippen LogP) is 5.18. The number of hydrazone groups is 1. The van der Waals surface area contributed by atoms with E-state index in [9.17, 15) is 9.90 Å². The smallest absolute Gasteiger partial charge is 0.271 e. The van der Waals surface area contributed by atoms with Crippen LogP contribution in [0, 0.1) is 3.57 Å². The number of phenols is 1. The zero-order chi connectivity index (χ0) is 20.6. The molecule has 29 heavy (non-hydrogen) atoms. The van der Waals surface area contributed by atoms with Crippen molar-refractivity contribution in [2.24, 2.45) is 15.3 Å². The van der Waals surface area contributed by atoms with Gasteiger partial charge in [0.1, 0.15) is 11.5 Å². The molecule has 0 radical (unpaired) electrons. The lowest BCUT2D eigenvalue weighted by molar-refractivity contribution is 0.0954. The van der Waals surface area contributed by atoms with Crippen LogP contribution in [-0.4, -0.2) is 24.3 Å². The Morgan fingerprint density at radius 1 is 1.03 bits per heavy atom. The Balaban J connectivity index is 1.70. The first kappa shape index (κ1) is 20.5. The molecular formula is C21H17IN4O3. The summed E-state index contributed by atoms with van der Waals surface area (Å²) in [6, 6.07) is 19.1. The van der Waals surface area contributed by atoms with Crippen LogP contribution < -0.4 is 10.2 Å². The van der Waals surface area contributed by atoms with Crippen LogP contribution in [0.15, 0.2) is 82.1 Å². The molecule has 0 aliphatic heterocycles. The topological polar surface area (TPSA) is 95.6 Å². The number of aromatic hydroxyl groups is 1. The van der Waals surface area contributed by atoms with E-state index in [1.807, 2.05) is 30.3 Å². The zero-order valence-electron chi connectivity index (χ0n) is 15.4. The molecule has 0 aliphatic carbocycles. The van der Waals surface area contributed by atoms with E-state index >= 15 is 0 Å². The van der Waals surface area contributed by atoms with Gasteiger partial charge in [0, 0.05) is 11.1 Å². The van der Waals surface area contributed by atoms with Gasteiger partial charge in [0.25, 0.3) is 5.91 Å². The minimum Gasteiger partial charge on any atom is -0.507 e. The van der Waals surface area contributed by atoms with Crippen molar-refractivity contribution in [1.82, 2.24) is 5.43 Å². The van der Waals surface area contributed by atoms with Crippen molar-refractivity contribution in [2.45, 2.75) is 0 Å². The van der Waals surface area contributed by atoms with E-state index < -0.39 is 5.91 Å². The summed E-state index contributed by atoms with van der Waals surface area (Å²) in [7, 11) is 1.54. The molecule has 0 heterocycles. The van der Waals surface area contributed by atoms with Crippen LogP contribution in [0.4, 0.5) is 11.4 Å². The maximum Gasteiger partial charge on any atom is 0.271 e. The van der Waals surface area contributed by atoms with Crippen molar-refractivity contribution in [3.63, 3.8) is 0 Å². The predicted molar refractivity (Wildman–Crippen MR) is 119 cm³/mol. The second kappa shape index (κ2) is 9.78. The van der Waals surface area contributed by atoms with E-state index in [0.29, 0.717) is 22.6 Å². The molecule has 0 saturated heterocycles. The molecule has 0 bridgehead atoms. The average molecular weight is 500 g/mol. The highest BCUT2D eigenvalue weighted by molar-refractivity contribution is 14.1. The largest absolute Gasteiger partial charge is 0.507 e. The van der Waals surface area contributed by atoms with Gasteiger partial charge in [-0.05, 0) is 71.1 Å². The van der Waals surface area contributed by atoms with E-state index in [1.165, 1.54) is 12.3 Å². The van der Waals surface area contributed by atoms with Crippen LogP contribution in [0.3, 0.4) is 0 Å². The normalized spacial score (nSPS) is 11.1. The fourth-order valence-electron chi connectivity index (χ4n) is 2.34. The highest BCUT2D eigenvalue weighted by Crippen LogP contribution is 2.24. The average Bonchev–Trinajstić information content (AvgIpc) is 2.75. The molecule has 0 spiro atoms. The Morgan fingerprint density at radius 3 is 2.55 bits per heavy atom. The fourth-order valence-corrected chi connectivity index (χ4v) is 2.90. The number of nitrogens with one attached hydrogen (secondary N) is 1. The van der Waals surface area contributed by atoms with E-state index in [0.717, 1.165) is 9.26 Å². The maximum absolute atomic E-state index is 12.2. The van der Waals surface area contributed by atoms with Gasteiger partial charge in [-0.3, -0.25) is 4.79 Å². The summed E-state index contributed by atoms with van der Waals surface area (Å²) in [4.78, 5) is 12.2. The first-order valence-electron chi connectivity index (χ1n) is 8.53. The number of hydrogen-bond acceptors (Lipinski definition) is 6. The number of carbonyl (C=O) groups excluding carboxylic acids is 1. The van der Waals surface area contributed by atoms with Crippen LogP contribution in [-0.2, 0) is 0 Å². The molecular weight excluding hydrogens is 483 g/mol. The molecule has 7 nitrogen and oxygen atoms in total. The summed E-state index contributed by atoms with van der Waals surface area (Å²) in [6.07, 6.45) is 1.35. The number of rotatable bonds is 6. The third-order valence-corrected chi connectivity index (χ3v) is 4.72. The van der Waals surface area contributed by atoms with E-state index in [1.54, 1.807) is 37.4 Å². The zero-order valence-corrected chi connectivity index (χ0v) is 17.6. The lowest BCUT2D eigenvalue weighted by Gasteiger charge is -2.05. The van der Waals surface area contributed by atoms with Gasteiger partial charge in [0.2, 0.25) is 0 Å². The molecule has 3 aromatic rings. The van der Waals surface area contributed by atoms with Gasteiger partial charge in [0.05, 0.1) is 28.3 Å². The Morgan fingerprint density at radius 2 is 1.79 bits per heavy atom. The fraction of sp³-hybridized carbons (Fsp3) is 0.0476. The van der Waals surface area contributed by atoms with Crippen LogP contribution >= 0.6 is 22.6 Å². The van der Waals surface area contributed by atoms with Crippen molar-refractivity contribution in [3.05, 3.63) is 81.4 Å². The molecule has 1 amide bonds. The van der Waals surface area contributed by atoms with Crippen LogP contribution in [0.25, 0.3) is 0 Å². The second-order valence-corrected chi connectivity index (χ2v) is 6.99. The van der Waals surface area contributed by atoms with E-state index in [-0.39, 0.29) is 5.75 Å². The second-order valence-electron chi connectivity index (χ2n) is 5.83. The first-order chi connectivity index (χ1) is 14.1. The Hall–Kier alpha value is -3.27. The monoisotopic (exact) mass is 500 g/mol. The molecule has 3 rings (SSSR count). The van der Waals surface area contributed by atoms with Gasteiger partial charge in [-0.15, -0.1) is 0 Å². The highest BCUT2D eigenvalue weighted by atomic mass is 127. The SMILES string of the molecule is COc1cc(C(=O)N/N=C\c2cc(N=Nc3ccccc3)ccc2O)ccc1I. The van der Waals surface area contributed by atoms with Crippen LogP contribution in [0.2, 0.25) is 0 Å². The van der Waals surface area contributed by atoms with Gasteiger partial charge >= 0.3 is 0 Å². The van der Waals surface area contributed by atoms with Crippen molar-refractivity contribution in [1.29, 1.82) is 0 Å². The molecule has 0 unspecified atom stereocenters. The molecule has 2 N–H and O–H groups in total. The summed E-state index contributed by atoms with van der Waals surface area (Å²) in [5, 5.41) is 22.2. The summed E-state index contributed by atoms with van der Waals surface area (Å²) < 4.78 is 6.11. The number of phenolic OH excluding ortho intramolecular Hbond substituents is 1. The maximum atomic E-state index is 12.2. The Kier molecular flexibility index (Phi) is 6.90. The number of halogens is 1. The number of carbonyl (C=O) groups is 1. The third kappa shape index (κ3) is 5.61.